The molecule has 2 N–H and O–H groups in total. The van der Waals surface area contributed by atoms with Gasteiger partial charge in [0, 0.05) is 43.6 Å². The second kappa shape index (κ2) is 7.97. The molecular weight excluding hydrogens is 319 g/mol. The van der Waals surface area contributed by atoms with Crippen LogP contribution < -0.4 is 5.32 Å². The summed E-state index contributed by atoms with van der Waals surface area (Å²) in [5.74, 6) is -0.422. The van der Waals surface area contributed by atoms with E-state index in [1.807, 2.05) is 6.92 Å². The lowest BCUT2D eigenvalue weighted by atomic mass is 10.1. The molecule has 1 fully saturated rings. The molecule has 1 amide bonds. The highest BCUT2D eigenvalue weighted by Crippen LogP contribution is 2.21. The van der Waals surface area contributed by atoms with Crippen LogP contribution in [0, 0.1) is 12.7 Å². The van der Waals surface area contributed by atoms with Crippen LogP contribution in [0.5, 0.6) is 0 Å². The van der Waals surface area contributed by atoms with Crippen molar-refractivity contribution in [3.8, 4) is 0 Å². The van der Waals surface area contributed by atoms with Crippen molar-refractivity contribution in [3.63, 3.8) is 0 Å². The van der Waals surface area contributed by atoms with Crippen LogP contribution in [0.15, 0.2) is 18.2 Å². The van der Waals surface area contributed by atoms with Gasteiger partial charge in [-0.25, -0.2) is 4.39 Å². The van der Waals surface area contributed by atoms with Gasteiger partial charge in [0.05, 0.1) is 0 Å². The van der Waals surface area contributed by atoms with Gasteiger partial charge in [0.25, 0.3) is 5.91 Å². The number of rotatable bonds is 6. The fourth-order valence-corrected chi connectivity index (χ4v) is 3.43. The third-order valence-electron chi connectivity index (χ3n) is 5.00. The number of fused-ring (bicyclic) bond motifs is 1. The SMILES string of the molecule is CCN1CCN(CCCNC(=O)c2cc3c(C)cc(F)cc3[nH]2)CC1. The maximum Gasteiger partial charge on any atom is 0.267 e. The van der Waals surface area contributed by atoms with Crippen LogP contribution in [-0.4, -0.2) is 66.5 Å². The summed E-state index contributed by atoms with van der Waals surface area (Å²) in [6, 6.07) is 4.70. The number of halogens is 1. The first-order valence-corrected chi connectivity index (χ1v) is 9.08. The summed E-state index contributed by atoms with van der Waals surface area (Å²) in [5, 5.41) is 3.84. The fraction of sp³-hybridized carbons (Fsp3) is 0.526. The number of nitrogens with one attached hydrogen (secondary N) is 2. The van der Waals surface area contributed by atoms with Crippen molar-refractivity contribution >= 4 is 16.8 Å². The van der Waals surface area contributed by atoms with E-state index in [1.165, 1.54) is 12.1 Å². The van der Waals surface area contributed by atoms with Crippen LogP contribution in [0.4, 0.5) is 4.39 Å². The van der Waals surface area contributed by atoms with Gasteiger partial charge in [-0.1, -0.05) is 6.92 Å². The Bertz CT molecular complexity index is 734. The first-order chi connectivity index (χ1) is 12.1. The number of carbonyl (C=O) groups excluding carboxylic acids is 1. The van der Waals surface area contributed by atoms with Gasteiger partial charge in [-0.15, -0.1) is 0 Å². The van der Waals surface area contributed by atoms with Crippen molar-refractivity contribution in [3.05, 3.63) is 35.3 Å². The van der Waals surface area contributed by atoms with Gasteiger partial charge in [0.2, 0.25) is 0 Å². The molecule has 2 aromatic rings. The zero-order valence-corrected chi connectivity index (χ0v) is 15.1. The topological polar surface area (TPSA) is 51.4 Å². The van der Waals surface area contributed by atoms with Crippen LogP contribution in [0.25, 0.3) is 10.9 Å². The lowest BCUT2D eigenvalue weighted by Crippen LogP contribution is -2.46. The van der Waals surface area contributed by atoms with E-state index in [-0.39, 0.29) is 11.7 Å². The molecule has 25 heavy (non-hydrogen) atoms. The Morgan fingerprint density at radius 3 is 2.64 bits per heavy atom. The Balaban J connectivity index is 1.46. The normalized spacial score (nSPS) is 16.4. The Hall–Kier alpha value is -1.92. The van der Waals surface area contributed by atoms with Crippen LogP contribution in [0.3, 0.4) is 0 Å². The molecule has 6 heteroatoms. The number of aromatic nitrogens is 1. The summed E-state index contributed by atoms with van der Waals surface area (Å²) in [4.78, 5) is 20.2. The van der Waals surface area contributed by atoms with E-state index in [0.29, 0.717) is 17.8 Å². The predicted molar refractivity (Wildman–Crippen MR) is 98.5 cm³/mol. The Morgan fingerprint density at radius 1 is 1.20 bits per heavy atom. The van der Waals surface area contributed by atoms with Crippen molar-refractivity contribution < 1.29 is 9.18 Å². The van der Waals surface area contributed by atoms with Gasteiger partial charge >= 0.3 is 0 Å². The zero-order valence-electron chi connectivity index (χ0n) is 15.1. The minimum atomic E-state index is -0.290. The molecule has 0 radical (unpaired) electrons. The largest absolute Gasteiger partial charge is 0.351 e. The first kappa shape index (κ1) is 17.9. The van der Waals surface area contributed by atoms with Crippen LogP contribution in [-0.2, 0) is 0 Å². The molecule has 3 rings (SSSR count). The number of hydrogen-bond donors (Lipinski definition) is 2. The molecule has 0 atom stereocenters. The number of aryl methyl sites for hydroxylation is 1. The highest BCUT2D eigenvalue weighted by atomic mass is 19.1. The van der Waals surface area contributed by atoms with E-state index < -0.39 is 0 Å². The Morgan fingerprint density at radius 2 is 1.92 bits per heavy atom. The van der Waals surface area contributed by atoms with Crippen LogP contribution >= 0.6 is 0 Å². The van der Waals surface area contributed by atoms with Crippen molar-refractivity contribution in [1.82, 2.24) is 20.1 Å². The van der Waals surface area contributed by atoms with Crippen LogP contribution in [0.1, 0.15) is 29.4 Å². The number of hydrogen-bond acceptors (Lipinski definition) is 3. The Labute approximate surface area is 148 Å². The lowest BCUT2D eigenvalue weighted by Gasteiger charge is -2.33. The summed E-state index contributed by atoms with van der Waals surface area (Å²) in [6.45, 7) is 11.3. The number of aromatic amines is 1. The molecule has 1 aromatic heterocycles. The summed E-state index contributed by atoms with van der Waals surface area (Å²) >= 11 is 0. The average Bonchev–Trinajstić information content (AvgIpc) is 3.03. The van der Waals surface area contributed by atoms with Gasteiger partial charge in [0.15, 0.2) is 0 Å². The monoisotopic (exact) mass is 346 g/mol. The molecule has 0 bridgehead atoms. The van der Waals surface area contributed by atoms with E-state index in [4.69, 9.17) is 0 Å². The molecule has 1 saturated heterocycles. The summed E-state index contributed by atoms with van der Waals surface area (Å²) in [5.41, 5.74) is 1.98. The number of benzene rings is 1. The molecule has 1 aromatic carbocycles. The van der Waals surface area contributed by atoms with E-state index in [2.05, 4.69) is 27.0 Å². The second-order valence-electron chi connectivity index (χ2n) is 6.75. The summed E-state index contributed by atoms with van der Waals surface area (Å²) in [6.07, 6.45) is 0.936. The van der Waals surface area contributed by atoms with Gasteiger partial charge in [-0.2, -0.15) is 0 Å². The first-order valence-electron chi connectivity index (χ1n) is 9.08. The molecule has 2 heterocycles. The summed E-state index contributed by atoms with van der Waals surface area (Å²) in [7, 11) is 0. The van der Waals surface area contributed by atoms with Crippen molar-refractivity contribution in [1.29, 1.82) is 0 Å². The Kier molecular flexibility index (Phi) is 5.71. The number of amides is 1. The molecule has 1 aliphatic heterocycles. The smallest absolute Gasteiger partial charge is 0.267 e. The number of nitrogens with zero attached hydrogens (tertiary/aromatic N) is 2. The summed E-state index contributed by atoms with van der Waals surface area (Å²) < 4.78 is 13.5. The third kappa shape index (κ3) is 4.38. The van der Waals surface area contributed by atoms with Crippen molar-refractivity contribution in [2.24, 2.45) is 0 Å². The number of carbonyl (C=O) groups is 1. The number of H-pyrrole nitrogens is 1. The molecular formula is C19H27FN4O. The van der Waals surface area contributed by atoms with Crippen LogP contribution in [0.2, 0.25) is 0 Å². The maximum atomic E-state index is 13.5. The molecule has 1 aliphatic rings. The van der Waals surface area contributed by atoms with Crippen molar-refractivity contribution in [2.75, 3.05) is 45.8 Å². The highest BCUT2D eigenvalue weighted by molar-refractivity contribution is 5.98. The quantitative estimate of drug-likeness (QED) is 0.790. The lowest BCUT2D eigenvalue weighted by molar-refractivity contribution is 0.0944. The van der Waals surface area contributed by atoms with Crippen molar-refractivity contribution in [2.45, 2.75) is 20.3 Å². The molecule has 136 valence electrons. The maximum absolute atomic E-state index is 13.5. The molecule has 0 unspecified atom stereocenters. The van der Waals surface area contributed by atoms with Gasteiger partial charge < -0.3 is 20.1 Å². The number of likely N-dealkylation sites (N-methyl/N-ethyl adjacent to an activating group) is 1. The number of piperazine rings is 1. The zero-order chi connectivity index (χ0) is 17.8. The van der Waals surface area contributed by atoms with Gasteiger partial charge in [0.1, 0.15) is 11.5 Å². The van der Waals surface area contributed by atoms with E-state index in [9.17, 15) is 9.18 Å². The minimum absolute atomic E-state index is 0.133. The van der Waals surface area contributed by atoms with E-state index >= 15 is 0 Å². The molecule has 0 aliphatic carbocycles. The van der Waals surface area contributed by atoms with E-state index in [1.54, 1.807) is 6.07 Å². The third-order valence-corrected chi connectivity index (χ3v) is 5.00. The second-order valence-corrected chi connectivity index (χ2v) is 6.75. The average molecular weight is 346 g/mol. The molecule has 0 spiro atoms. The fourth-order valence-electron chi connectivity index (χ4n) is 3.43. The minimum Gasteiger partial charge on any atom is -0.351 e. The standard InChI is InChI=1S/C19H27FN4O/c1-3-23-7-9-24(10-8-23)6-4-5-21-19(25)18-13-16-14(2)11-15(20)12-17(16)22-18/h11-13,22H,3-10H2,1-2H3,(H,21,25). The van der Waals surface area contributed by atoms with Gasteiger partial charge in [-0.05, 0) is 50.2 Å². The molecule has 5 nitrogen and oxygen atoms in total. The molecule has 0 saturated carbocycles. The van der Waals surface area contributed by atoms with E-state index in [0.717, 1.165) is 56.6 Å². The predicted octanol–water partition coefficient (Wildman–Crippen LogP) is 2.37. The van der Waals surface area contributed by atoms with Gasteiger partial charge in [-0.3, -0.25) is 4.79 Å². The highest BCUT2D eigenvalue weighted by Gasteiger charge is 2.15.